The fraction of sp³-hybridized carbons (Fsp3) is 0.667. The van der Waals surface area contributed by atoms with Crippen LogP contribution < -0.4 is 0 Å². The molecule has 1 aromatic rings. The van der Waals surface area contributed by atoms with E-state index >= 15 is 0 Å². The number of carbonyl (C=O) groups is 1. The summed E-state index contributed by atoms with van der Waals surface area (Å²) in [6.07, 6.45) is 5.57. The molecule has 3 nitrogen and oxygen atoms in total. The van der Waals surface area contributed by atoms with Gasteiger partial charge in [0.2, 0.25) is 0 Å². The lowest BCUT2D eigenvalue weighted by atomic mass is 9.78. The van der Waals surface area contributed by atoms with E-state index in [1.54, 1.807) is 23.0 Å². The summed E-state index contributed by atoms with van der Waals surface area (Å²) in [4.78, 5) is 16.8. The quantitative estimate of drug-likeness (QED) is 0.765. The molecular weight excluding hydrogens is 222 g/mol. The van der Waals surface area contributed by atoms with E-state index < -0.39 is 0 Å². The van der Waals surface area contributed by atoms with Gasteiger partial charge in [-0.3, -0.25) is 9.78 Å². The second-order valence-corrected chi connectivity index (χ2v) is 5.27. The molecule has 0 bridgehead atoms. The molecule has 16 heavy (non-hydrogen) atoms. The number of aromatic nitrogens is 1. The SMILES string of the molecule is CCOC1CC(CC(=O)Cc2cncs2)C1. The first kappa shape index (κ1) is 11.7. The molecule has 2 rings (SSSR count). The van der Waals surface area contributed by atoms with Crippen LogP contribution in [0.5, 0.6) is 0 Å². The first-order chi connectivity index (χ1) is 7.78. The molecule has 1 aliphatic rings. The summed E-state index contributed by atoms with van der Waals surface area (Å²) in [7, 11) is 0. The Morgan fingerprint density at radius 1 is 1.62 bits per heavy atom. The van der Waals surface area contributed by atoms with Crippen molar-refractivity contribution in [2.45, 2.75) is 38.7 Å². The van der Waals surface area contributed by atoms with Crippen LogP contribution in [0.3, 0.4) is 0 Å². The number of rotatable bonds is 6. The zero-order valence-corrected chi connectivity index (χ0v) is 10.3. The average molecular weight is 239 g/mol. The largest absolute Gasteiger partial charge is 0.378 e. The van der Waals surface area contributed by atoms with Crippen LogP contribution in [0.15, 0.2) is 11.7 Å². The third-order valence-corrected chi connectivity index (χ3v) is 3.75. The molecule has 1 heterocycles. The van der Waals surface area contributed by atoms with Crippen LogP contribution in [0, 0.1) is 5.92 Å². The maximum Gasteiger partial charge on any atom is 0.138 e. The van der Waals surface area contributed by atoms with Crippen molar-refractivity contribution in [3.05, 3.63) is 16.6 Å². The molecule has 4 heteroatoms. The molecule has 0 aliphatic heterocycles. The predicted octanol–water partition coefficient (Wildman–Crippen LogP) is 2.46. The minimum atomic E-state index is 0.337. The van der Waals surface area contributed by atoms with Gasteiger partial charge in [-0.1, -0.05) is 0 Å². The third kappa shape index (κ3) is 3.12. The molecular formula is C12H17NO2S. The summed E-state index contributed by atoms with van der Waals surface area (Å²) in [6, 6.07) is 0. The number of thiazole rings is 1. The highest BCUT2D eigenvalue weighted by Crippen LogP contribution is 2.33. The lowest BCUT2D eigenvalue weighted by Gasteiger charge is -2.34. The monoisotopic (exact) mass is 239 g/mol. The molecule has 1 aromatic heterocycles. The lowest BCUT2D eigenvalue weighted by molar-refractivity contribution is -0.121. The molecule has 0 atom stereocenters. The van der Waals surface area contributed by atoms with E-state index in [9.17, 15) is 4.79 Å². The molecule has 0 aromatic carbocycles. The molecule has 0 saturated heterocycles. The zero-order valence-electron chi connectivity index (χ0n) is 9.52. The van der Waals surface area contributed by atoms with Gasteiger partial charge in [-0.15, -0.1) is 11.3 Å². The summed E-state index contributed by atoms with van der Waals surface area (Å²) >= 11 is 1.56. The van der Waals surface area contributed by atoms with E-state index in [0.717, 1.165) is 24.3 Å². The molecule has 0 N–H and O–H groups in total. The summed E-state index contributed by atoms with van der Waals surface area (Å²) in [5.74, 6) is 0.890. The Balaban J connectivity index is 1.66. The van der Waals surface area contributed by atoms with Crippen LogP contribution in [0.1, 0.15) is 31.1 Å². The minimum absolute atomic E-state index is 0.337. The Bertz CT molecular complexity index is 331. The van der Waals surface area contributed by atoms with Gasteiger partial charge in [0.25, 0.3) is 0 Å². The van der Waals surface area contributed by atoms with E-state index in [1.165, 1.54) is 0 Å². The second-order valence-electron chi connectivity index (χ2n) is 4.30. The molecule has 1 fully saturated rings. The number of Topliss-reactive ketones (excluding diaryl/α,β-unsaturated/α-hetero) is 1. The van der Waals surface area contributed by atoms with Crippen LogP contribution in [-0.2, 0) is 16.0 Å². The maximum atomic E-state index is 11.7. The van der Waals surface area contributed by atoms with Gasteiger partial charge in [0.15, 0.2) is 0 Å². The minimum Gasteiger partial charge on any atom is -0.378 e. The van der Waals surface area contributed by atoms with Gasteiger partial charge in [0.05, 0.1) is 11.6 Å². The summed E-state index contributed by atoms with van der Waals surface area (Å²) < 4.78 is 5.48. The van der Waals surface area contributed by atoms with Gasteiger partial charge in [-0.05, 0) is 25.7 Å². The molecule has 88 valence electrons. The fourth-order valence-electron chi connectivity index (χ4n) is 2.13. The number of ether oxygens (including phenoxy) is 1. The fourth-order valence-corrected chi connectivity index (χ4v) is 2.75. The first-order valence-corrected chi connectivity index (χ1v) is 6.66. The van der Waals surface area contributed by atoms with Crippen LogP contribution >= 0.6 is 11.3 Å². The van der Waals surface area contributed by atoms with Gasteiger partial charge >= 0.3 is 0 Å². The van der Waals surface area contributed by atoms with Crippen LogP contribution in [0.4, 0.5) is 0 Å². The molecule has 1 aliphatic carbocycles. The average Bonchev–Trinajstić information content (AvgIpc) is 2.67. The topological polar surface area (TPSA) is 39.2 Å². The molecule has 0 amide bonds. The van der Waals surface area contributed by atoms with Gasteiger partial charge in [0, 0.05) is 30.5 Å². The number of ketones is 1. The summed E-state index contributed by atoms with van der Waals surface area (Å²) in [5.41, 5.74) is 1.77. The number of hydrogen-bond donors (Lipinski definition) is 0. The highest BCUT2D eigenvalue weighted by atomic mass is 32.1. The second kappa shape index (κ2) is 5.55. The third-order valence-electron chi connectivity index (χ3n) is 2.97. The Morgan fingerprint density at radius 3 is 3.06 bits per heavy atom. The lowest BCUT2D eigenvalue weighted by Crippen LogP contribution is -2.32. The van der Waals surface area contributed by atoms with Crippen LogP contribution in [0.25, 0.3) is 0 Å². The van der Waals surface area contributed by atoms with Gasteiger partial charge < -0.3 is 4.74 Å². The number of nitrogens with zero attached hydrogens (tertiary/aromatic N) is 1. The van der Waals surface area contributed by atoms with E-state index in [2.05, 4.69) is 4.98 Å². The Kier molecular flexibility index (Phi) is 4.07. The molecule has 1 saturated carbocycles. The standard InChI is InChI=1S/C12H17NO2S/c1-2-15-11-4-9(5-11)3-10(14)6-12-7-13-8-16-12/h7-9,11H,2-6H2,1H3. The predicted molar refractivity (Wildman–Crippen MR) is 63.6 cm³/mol. The van der Waals surface area contributed by atoms with Crippen molar-refractivity contribution in [2.75, 3.05) is 6.61 Å². The summed E-state index contributed by atoms with van der Waals surface area (Å²) in [5, 5.41) is 0. The molecule has 0 unspecified atom stereocenters. The van der Waals surface area contributed by atoms with Gasteiger partial charge in [-0.25, -0.2) is 0 Å². The van der Waals surface area contributed by atoms with Crippen molar-refractivity contribution >= 4 is 17.1 Å². The van der Waals surface area contributed by atoms with Gasteiger partial charge in [-0.2, -0.15) is 0 Å². The highest BCUT2D eigenvalue weighted by Gasteiger charge is 2.30. The number of carbonyl (C=O) groups excluding carboxylic acids is 1. The summed E-state index contributed by atoms with van der Waals surface area (Å²) in [6.45, 7) is 2.80. The molecule has 0 spiro atoms. The van der Waals surface area contributed by atoms with Crippen LogP contribution in [0.2, 0.25) is 0 Å². The number of hydrogen-bond acceptors (Lipinski definition) is 4. The Hall–Kier alpha value is -0.740. The highest BCUT2D eigenvalue weighted by molar-refractivity contribution is 7.09. The van der Waals surface area contributed by atoms with Crippen molar-refractivity contribution < 1.29 is 9.53 Å². The maximum absolute atomic E-state index is 11.7. The normalized spacial score (nSPS) is 24.1. The zero-order chi connectivity index (χ0) is 11.4. The van der Waals surface area contributed by atoms with E-state index in [-0.39, 0.29) is 0 Å². The smallest absolute Gasteiger partial charge is 0.138 e. The van der Waals surface area contributed by atoms with Gasteiger partial charge in [0.1, 0.15) is 5.78 Å². The first-order valence-electron chi connectivity index (χ1n) is 5.78. The molecule has 0 radical (unpaired) electrons. The van der Waals surface area contributed by atoms with Crippen molar-refractivity contribution in [2.24, 2.45) is 5.92 Å². The van der Waals surface area contributed by atoms with Crippen LogP contribution in [-0.4, -0.2) is 23.5 Å². The van der Waals surface area contributed by atoms with E-state index in [4.69, 9.17) is 4.74 Å². The van der Waals surface area contributed by atoms with Crippen molar-refractivity contribution in [1.29, 1.82) is 0 Å². The van der Waals surface area contributed by atoms with Crippen molar-refractivity contribution in [3.63, 3.8) is 0 Å². The van der Waals surface area contributed by atoms with Crippen molar-refractivity contribution in [1.82, 2.24) is 4.98 Å². The Morgan fingerprint density at radius 2 is 2.44 bits per heavy atom. The van der Waals surface area contributed by atoms with Crippen molar-refractivity contribution in [3.8, 4) is 0 Å². The Labute approximate surface area is 99.8 Å². The van der Waals surface area contributed by atoms with E-state index in [1.807, 2.05) is 6.92 Å². The van der Waals surface area contributed by atoms with E-state index in [0.29, 0.717) is 30.6 Å².